The molecule has 0 bridgehead atoms. The summed E-state index contributed by atoms with van der Waals surface area (Å²) in [5, 5.41) is 1.34. The molecule has 0 unspecified atom stereocenters. The van der Waals surface area contributed by atoms with Crippen LogP contribution in [-0.4, -0.2) is 21.8 Å². The number of hydrogen-bond acceptors (Lipinski definition) is 2. The highest BCUT2D eigenvalue weighted by Crippen LogP contribution is 2.37. The van der Waals surface area contributed by atoms with E-state index in [2.05, 4.69) is 88.3 Å². The fourth-order valence-corrected chi connectivity index (χ4v) is 6.78. The molecule has 0 aliphatic heterocycles. The van der Waals surface area contributed by atoms with Gasteiger partial charge < -0.3 is 4.57 Å². The number of rotatable bonds is 8. The number of fused-ring (bicyclic) bond motifs is 3. The third-order valence-corrected chi connectivity index (χ3v) is 8.75. The topological polar surface area (TPSA) is 25.2 Å². The smallest absolute Gasteiger partial charge is 0.179 e. The molecule has 0 atom stereocenters. The lowest BCUT2D eigenvalue weighted by Crippen LogP contribution is -2.27. The van der Waals surface area contributed by atoms with Gasteiger partial charge in [0.15, 0.2) is 5.78 Å². The van der Waals surface area contributed by atoms with E-state index in [0.29, 0.717) is 18.1 Å². The molecule has 0 amide bonds. The second-order valence-electron chi connectivity index (χ2n) is 11.4. The zero-order chi connectivity index (χ0) is 25.7. The summed E-state index contributed by atoms with van der Waals surface area (Å²) in [5.74, 6) is 1.02. The average Bonchev–Trinajstić information content (AvgIpc) is 3.15. The van der Waals surface area contributed by atoms with Gasteiger partial charge in [0.2, 0.25) is 0 Å². The number of ketones is 1. The van der Waals surface area contributed by atoms with E-state index in [1.807, 2.05) is 0 Å². The van der Waals surface area contributed by atoms with Crippen LogP contribution in [0.4, 0.5) is 0 Å². The summed E-state index contributed by atoms with van der Waals surface area (Å²) in [5.41, 5.74) is 7.71. The van der Waals surface area contributed by atoms with Gasteiger partial charge in [0.1, 0.15) is 0 Å². The number of hydrogen-bond donors (Lipinski definition) is 0. The maximum Gasteiger partial charge on any atom is 0.179 e. The largest absolute Gasteiger partial charge is 0.337 e. The van der Waals surface area contributed by atoms with Crippen LogP contribution in [0.25, 0.3) is 10.9 Å². The quantitative estimate of drug-likeness (QED) is 0.226. The summed E-state index contributed by atoms with van der Waals surface area (Å²) >= 11 is 0. The number of carbonyl (C=O) groups excluding carboxylic acids is 1. The van der Waals surface area contributed by atoms with E-state index in [1.165, 1.54) is 65.3 Å². The Bertz CT molecular complexity index is 1320. The van der Waals surface area contributed by atoms with Crippen LogP contribution < -0.4 is 0 Å². The first-order chi connectivity index (χ1) is 18.8. The number of aromatic nitrogens is 1. The van der Waals surface area contributed by atoms with Gasteiger partial charge in [-0.15, -0.1) is 0 Å². The van der Waals surface area contributed by atoms with Crippen molar-refractivity contribution < 1.29 is 4.79 Å². The number of benzene rings is 3. The number of Topliss-reactive ketones (excluding diaryl/α,β-unsaturated/α-hetero) is 1. The fourth-order valence-electron chi connectivity index (χ4n) is 6.78. The van der Waals surface area contributed by atoms with Crippen molar-refractivity contribution in [1.29, 1.82) is 0 Å². The van der Waals surface area contributed by atoms with Crippen LogP contribution in [0.1, 0.15) is 90.0 Å². The molecule has 2 aliphatic rings. The van der Waals surface area contributed by atoms with Crippen LogP contribution in [0.15, 0.2) is 78.9 Å². The highest BCUT2D eigenvalue weighted by atomic mass is 16.1. The van der Waals surface area contributed by atoms with Crippen LogP contribution in [0, 0.1) is 0 Å². The normalized spacial score (nSPS) is 16.6. The van der Waals surface area contributed by atoms with Gasteiger partial charge in [0.05, 0.1) is 5.69 Å². The molecule has 3 aromatic carbocycles. The molecule has 2 aliphatic carbocycles. The first-order valence-electron chi connectivity index (χ1n) is 14.7. The number of aryl methyl sites for hydroxylation is 1. The van der Waals surface area contributed by atoms with E-state index >= 15 is 0 Å². The Morgan fingerprint density at radius 3 is 2.08 bits per heavy atom. The second kappa shape index (κ2) is 11.7. The van der Waals surface area contributed by atoms with E-state index in [9.17, 15) is 4.79 Å². The minimum atomic E-state index is 0.339. The van der Waals surface area contributed by atoms with Gasteiger partial charge in [-0.25, -0.2) is 0 Å². The van der Waals surface area contributed by atoms with Crippen LogP contribution >= 0.6 is 0 Å². The van der Waals surface area contributed by atoms with Crippen molar-refractivity contribution in [3.05, 3.63) is 107 Å². The molecule has 3 heteroatoms. The second-order valence-corrected chi connectivity index (χ2v) is 11.4. The van der Waals surface area contributed by atoms with E-state index in [4.69, 9.17) is 0 Å². The van der Waals surface area contributed by atoms with E-state index < -0.39 is 0 Å². The van der Waals surface area contributed by atoms with Gasteiger partial charge in [-0.2, -0.15) is 0 Å². The summed E-state index contributed by atoms with van der Waals surface area (Å²) in [6, 6.07) is 28.7. The Hall–Kier alpha value is -3.17. The molecule has 0 N–H and O–H groups in total. The number of nitrogens with zero attached hydrogens (tertiary/aromatic N) is 2. The highest BCUT2D eigenvalue weighted by Gasteiger charge is 2.26. The van der Waals surface area contributed by atoms with Crippen LogP contribution in [0.2, 0.25) is 0 Å². The monoisotopic (exact) mass is 504 g/mol. The average molecular weight is 505 g/mol. The minimum Gasteiger partial charge on any atom is -0.337 e. The Morgan fingerprint density at radius 1 is 0.737 bits per heavy atom. The SMILES string of the molecule is O=C1CCCCc2c1n(CCN(Cc1ccccc1)Cc1ccccc1)c1ccc(C3CCCCC3)cc21. The molecule has 6 rings (SSSR count). The van der Waals surface area contributed by atoms with Gasteiger partial charge in [-0.3, -0.25) is 9.69 Å². The molecule has 1 aromatic heterocycles. The lowest BCUT2D eigenvalue weighted by atomic mass is 9.83. The summed E-state index contributed by atoms with van der Waals surface area (Å²) in [6.07, 6.45) is 10.5. The molecule has 0 radical (unpaired) electrons. The van der Waals surface area contributed by atoms with Crippen molar-refractivity contribution in [3.63, 3.8) is 0 Å². The Kier molecular flexibility index (Phi) is 7.74. The van der Waals surface area contributed by atoms with E-state index in [0.717, 1.165) is 51.1 Å². The maximum atomic E-state index is 13.5. The van der Waals surface area contributed by atoms with Gasteiger partial charge in [-0.1, -0.05) is 86.0 Å². The number of carbonyl (C=O) groups is 1. The van der Waals surface area contributed by atoms with Gasteiger partial charge >= 0.3 is 0 Å². The zero-order valence-electron chi connectivity index (χ0n) is 22.6. The highest BCUT2D eigenvalue weighted by molar-refractivity contribution is 6.03. The molecule has 0 saturated heterocycles. The Labute approximate surface area is 227 Å². The summed E-state index contributed by atoms with van der Waals surface area (Å²) < 4.78 is 2.38. The first kappa shape index (κ1) is 25.1. The van der Waals surface area contributed by atoms with Crippen molar-refractivity contribution >= 4 is 16.7 Å². The first-order valence-corrected chi connectivity index (χ1v) is 14.7. The standard InChI is InChI=1S/C35H40N2O/c38-34-19-11-10-18-31-32-24-30(29-16-8-3-9-17-29)20-21-33(32)37(35(31)34)23-22-36(25-27-12-4-1-5-13-27)26-28-14-6-2-7-15-28/h1-2,4-7,12-15,20-21,24,29H,3,8-11,16-19,22-23,25-26H2. The van der Waals surface area contributed by atoms with E-state index in [1.54, 1.807) is 0 Å². The molecular weight excluding hydrogens is 464 g/mol. The van der Waals surface area contributed by atoms with Crippen LogP contribution in [-0.2, 0) is 26.1 Å². The summed E-state index contributed by atoms with van der Waals surface area (Å²) in [7, 11) is 0. The summed E-state index contributed by atoms with van der Waals surface area (Å²) in [6.45, 7) is 3.53. The maximum absolute atomic E-state index is 13.5. The predicted octanol–water partition coefficient (Wildman–Crippen LogP) is 8.30. The third kappa shape index (κ3) is 5.49. The lowest BCUT2D eigenvalue weighted by Gasteiger charge is -2.24. The van der Waals surface area contributed by atoms with Crippen LogP contribution in [0.5, 0.6) is 0 Å². The summed E-state index contributed by atoms with van der Waals surface area (Å²) in [4.78, 5) is 16.0. The van der Waals surface area contributed by atoms with Crippen molar-refractivity contribution in [2.24, 2.45) is 0 Å². The van der Waals surface area contributed by atoms with Crippen molar-refractivity contribution in [3.8, 4) is 0 Å². The molecule has 38 heavy (non-hydrogen) atoms. The molecule has 4 aromatic rings. The molecule has 1 heterocycles. The van der Waals surface area contributed by atoms with Crippen molar-refractivity contribution in [2.45, 2.75) is 83.3 Å². The van der Waals surface area contributed by atoms with Gasteiger partial charge in [0, 0.05) is 43.5 Å². The molecule has 1 saturated carbocycles. The molecular formula is C35H40N2O. The minimum absolute atomic E-state index is 0.339. The Balaban J connectivity index is 1.33. The Morgan fingerprint density at radius 2 is 1.39 bits per heavy atom. The van der Waals surface area contributed by atoms with Gasteiger partial charge in [0.25, 0.3) is 0 Å². The van der Waals surface area contributed by atoms with Crippen molar-refractivity contribution in [2.75, 3.05) is 6.54 Å². The van der Waals surface area contributed by atoms with Crippen LogP contribution in [0.3, 0.4) is 0 Å². The van der Waals surface area contributed by atoms with E-state index in [-0.39, 0.29) is 0 Å². The van der Waals surface area contributed by atoms with Gasteiger partial charge in [-0.05, 0) is 72.4 Å². The fraction of sp³-hybridized carbons (Fsp3) is 0.400. The molecule has 3 nitrogen and oxygen atoms in total. The lowest BCUT2D eigenvalue weighted by molar-refractivity contribution is 0.0972. The predicted molar refractivity (Wildman–Crippen MR) is 157 cm³/mol. The molecule has 0 spiro atoms. The molecule has 1 fully saturated rings. The molecule has 196 valence electrons. The van der Waals surface area contributed by atoms with Crippen molar-refractivity contribution in [1.82, 2.24) is 9.47 Å². The zero-order valence-corrected chi connectivity index (χ0v) is 22.6. The third-order valence-electron chi connectivity index (χ3n) is 8.75.